The number of hydrogen-bond acceptors (Lipinski definition) is 4. The molecule has 2 N–H and O–H groups in total. The van der Waals surface area contributed by atoms with E-state index in [0.717, 1.165) is 19.3 Å². The van der Waals surface area contributed by atoms with Crippen molar-refractivity contribution in [2.24, 2.45) is 5.73 Å². The van der Waals surface area contributed by atoms with E-state index in [1.165, 1.54) is 0 Å². The third kappa shape index (κ3) is 4.95. The van der Waals surface area contributed by atoms with Gasteiger partial charge in [-0.2, -0.15) is 0 Å². The standard InChI is InChI=1S/C13H20N2O2/c1-2-7-17-12-8-11(9-15-10-12)13(16)5-3-4-6-14/h8-10H,2-7,14H2,1H3. The van der Waals surface area contributed by atoms with Gasteiger partial charge in [0.15, 0.2) is 5.78 Å². The summed E-state index contributed by atoms with van der Waals surface area (Å²) < 4.78 is 5.44. The minimum Gasteiger partial charge on any atom is -0.492 e. The normalized spacial score (nSPS) is 10.2. The first-order chi connectivity index (χ1) is 8.27. The number of carbonyl (C=O) groups is 1. The molecule has 0 atom stereocenters. The van der Waals surface area contributed by atoms with Crippen LogP contribution >= 0.6 is 0 Å². The maximum absolute atomic E-state index is 11.8. The Balaban J connectivity index is 2.54. The van der Waals surface area contributed by atoms with Gasteiger partial charge < -0.3 is 10.5 Å². The molecule has 1 aromatic heterocycles. The summed E-state index contributed by atoms with van der Waals surface area (Å²) in [6, 6.07) is 1.76. The number of Topliss-reactive ketones (excluding diaryl/α,β-unsaturated/α-hetero) is 1. The first kappa shape index (κ1) is 13.6. The van der Waals surface area contributed by atoms with E-state index in [0.29, 0.717) is 30.9 Å². The highest BCUT2D eigenvalue weighted by molar-refractivity contribution is 5.96. The van der Waals surface area contributed by atoms with Crippen molar-refractivity contribution in [2.45, 2.75) is 32.6 Å². The van der Waals surface area contributed by atoms with Gasteiger partial charge in [0.25, 0.3) is 0 Å². The van der Waals surface area contributed by atoms with Gasteiger partial charge in [0.1, 0.15) is 5.75 Å². The molecule has 0 bridgehead atoms. The van der Waals surface area contributed by atoms with Crippen LogP contribution in [0.2, 0.25) is 0 Å². The summed E-state index contributed by atoms with van der Waals surface area (Å²) >= 11 is 0. The molecule has 1 rings (SSSR count). The highest BCUT2D eigenvalue weighted by atomic mass is 16.5. The molecule has 0 unspecified atom stereocenters. The van der Waals surface area contributed by atoms with Gasteiger partial charge in [-0.3, -0.25) is 9.78 Å². The van der Waals surface area contributed by atoms with E-state index in [1.807, 2.05) is 6.92 Å². The Bertz CT molecular complexity index is 353. The molecule has 0 aliphatic rings. The van der Waals surface area contributed by atoms with Crippen molar-refractivity contribution >= 4 is 5.78 Å². The van der Waals surface area contributed by atoms with Gasteiger partial charge in [0.05, 0.1) is 12.8 Å². The fourth-order valence-corrected chi connectivity index (χ4v) is 1.44. The molecular weight excluding hydrogens is 216 g/mol. The quantitative estimate of drug-likeness (QED) is 0.555. The molecule has 1 aromatic rings. The van der Waals surface area contributed by atoms with Gasteiger partial charge in [0.2, 0.25) is 0 Å². The smallest absolute Gasteiger partial charge is 0.164 e. The second kappa shape index (κ2) is 7.79. The van der Waals surface area contributed by atoms with Crippen LogP contribution in [0, 0.1) is 0 Å². The first-order valence-electron chi connectivity index (χ1n) is 6.09. The van der Waals surface area contributed by atoms with Crippen molar-refractivity contribution < 1.29 is 9.53 Å². The van der Waals surface area contributed by atoms with Gasteiger partial charge in [-0.25, -0.2) is 0 Å². The number of ketones is 1. The van der Waals surface area contributed by atoms with Crippen LogP contribution in [-0.4, -0.2) is 23.9 Å². The van der Waals surface area contributed by atoms with E-state index in [4.69, 9.17) is 10.5 Å². The zero-order valence-electron chi connectivity index (χ0n) is 10.3. The van der Waals surface area contributed by atoms with E-state index in [2.05, 4.69) is 4.98 Å². The third-order valence-corrected chi connectivity index (χ3v) is 2.37. The molecule has 0 aliphatic heterocycles. The molecule has 1 heterocycles. The average Bonchev–Trinajstić information content (AvgIpc) is 2.37. The van der Waals surface area contributed by atoms with Crippen LogP contribution in [0.1, 0.15) is 43.0 Å². The topological polar surface area (TPSA) is 65.2 Å². The van der Waals surface area contributed by atoms with Crippen molar-refractivity contribution in [1.29, 1.82) is 0 Å². The molecule has 0 aromatic carbocycles. The van der Waals surface area contributed by atoms with Crippen LogP contribution in [0.4, 0.5) is 0 Å². The summed E-state index contributed by atoms with van der Waals surface area (Å²) in [6.45, 7) is 3.31. The van der Waals surface area contributed by atoms with Crippen LogP contribution in [0.5, 0.6) is 5.75 Å². The lowest BCUT2D eigenvalue weighted by Crippen LogP contribution is -2.04. The number of aromatic nitrogens is 1. The van der Waals surface area contributed by atoms with Crippen LogP contribution in [-0.2, 0) is 0 Å². The Morgan fingerprint density at radius 1 is 1.41 bits per heavy atom. The summed E-state index contributed by atoms with van der Waals surface area (Å²) in [6.07, 6.45) is 6.39. The van der Waals surface area contributed by atoms with E-state index in [9.17, 15) is 4.79 Å². The average molecular weight is 236 g/mol. The predicted octanol–water partition coefficient (Wildman–Crippen LogP) is 2.18. The van der Waals surface area contributed by atoms with Gasteiger partial charge >= 0.3 is 0 Å². The summed E-state index contributed by atoms with van der Waals surface area (Å²) in [5.41, 5.74) is 6.01. The number of ether oxygens (including phenoxy) is 1. The van der Waals surface area contributed by atoms with Crippen LogP contribution < -0.4 is 10.5 Å². The molecule has 0 spiro atoms. The van der Waals surface area contributed by atoms with Crippen LogP contribution in [0.15, 0.2) is 18.5 Å². The number of pyridine rings is 1. The molecule has 94 valence electrons. The minimum atomic E-state index is 0.105. The first-order valence-corrected chi connectivity index (χ1v) is 6.09. The molecule has 17 heavy (non-hydrogen) atoms. The molecule has 0 amide bonds. The van der Waals surface area contributed by atoms with Crippen molar-refractivity contribution in [3.8, 4) is 5.75 Å². The minimum absolute atomic E-state index is 0.105. The number of rotatable bonds is 8. The van der Waals surface area contributed by atoms with Gasteiger partial charge in [-0.05, 0) is 31.9 Å². The maximum atomic E-state index is 11.8. The van der Waals surface area contributed by atoms with Crippen LogP contribution in [0.3, 0.4) is 0 Å². The number of hydrogen-bond donors (Lipinski definition) is 1. The summed E-state index contributed by atoms with van der Waals surface area (Å²) in [4.78, 5) is 15.8. The molecule has 0 aliphatic carbocycles. The molecular formula is C13H20N2O2. The van der Waals surface area contributed by atoms with Crippen molar-refractivity contribution in [3.05, 3.63) is 24.0 Å². The molecule has 4 heteroatoms. The van der Waals surface area contributed by atoms with Crippen molar-refractivity contribution in [3.63, 3.8) is 0 Å². The highest BCUT2D eigenvalue weighted by Gasteiger charge is 2.07. The molecule has 0 fully saturated rings. The van der Waals surface area contributed by atoms with Crippen LogP contribution in [0.25, 0.3) is 0 Å². The van der Waals surface area contributed by atoms with Gasteiger partial charge in [-0.15, -0.1) is 0 Å². The molecule has 0 saturated heterocycles. The summed E-state index contributed by atoms with van der Waals surface area (Å²) in [5.74, 6) is 0.768. The Morgan fingerprint density at radius 3 is 2.94 bits per heavy atom. The largest absolute Gasteiger partial charge is 0.492 e. The van der Waals surface area contributed by atoms with Gasteiger partial charge in [-0.1, -0.05) is 6.92 Å². The maximum Gasteiger partial charge on any atom is 0.164 e. The second-order valence-corrected chi connectivity index (χ2v) is 3.93. The number of unbranched alkanes of at least 4 members (excludes halogenated alkanes) is 1. The lowest BCUT2D eigenvalue weighted by atomic mass is 10.1. The Hall–Kier alpha value is -1.42. The number of nitrogens with two attached hydrogens (primary N) is 1. The fourth-order valence-electron chi connectivity index (χ4n) is 1.44. The monoisotopic (exact) mass is 236 g/mol. The second-order valence-electron chi connectivity index (χ2n) is 3.93. The lowest BCUT2D eigenvalue weighted by molar-refractivity contribution is 0.0978. The zero-order chi connectivity index (χ0) is 12.5. The zero-order valence-corrected chi connectivity index (χ0v) is 10.3. The fraction of sp³-hybridized carbons (Fsp3) is 0.538. The summed E-state index contributed by atoms with van der Waals surface area (Å²) in [5, 5.41) is 0. The van der Waals surface area contributed by atoms with E-state index in [1.54, 1.807) is 18.5 Å². The Morgan fingerprint density at radius 2 is 2.24 bits per heavy atom. The van der Waals surface area contributed by atoms with E-state index >= 15 is 0 Å². The summed E-state index contributed by atoms with van der Waals surface area (Å²) in [7, 11) is 0. The van der Waals surface area contributed by atoms with Crippen molar-refractivity contribution in [1.82, 2.24) is 4.98 Å². The molecule has 0 saturated carbocycles. The molecule has 4 nitrogen and oxygen atoms in total. The van der Waals surface area contributed by atoms with E-state index in [-0.39, 0.29) is 5.78 Å². The van der Waals surface area contributed by atoms with E-state index < -0.39 is 0 Å². The lowest BCUT2D eigenvalue weighted by Gasteiger charge is -2.05. The Kier molecular flexibility index (Phi) is 6.25. The third-order valence-electron chi connectivity index (χ3n) is 2.37. The van der Waals surface area contributed by atoms with Crippen molar-refractivity contribution in [2.75, 3.05) is 13.2 Å². The SMILES string of the molecule is CCCOc1cncc(C(=O)CCCCN)c1. The predicted molar refractivity (Wildman–Crippen MR) is 67.3 cm³/mol. The highest BCUT2D eigenvalue weighted by Crippen LogP contribution is 2.14. The molecule has 0 radical (unpaired) electrons. The Labute approximate surface area is 102 Å². The van der Waals surface area contributed by atoms with Gasteiger partial charge in [0, 0.05) is 18.2 Å². The number of carbonyl (C=O) groups excluding carboxylic acids is 1. The number of nitrogens with zero attached hydrogens (tertiary/aromatic N) is 1.